The number of hydrogen-bond donors (Lipinski definition) is 0. The van der Waals surface area contributed by atoms with Crippen molar-refractivity contribution in [3.8, 4) is 28.4 Å². The number of pyridine rings is 3. The third-order valence-electron chi connectivity index (χ3n) is 7.87. The molecule has 0 amide bonds. The van der Waals surface area contributed by atoms with Gasteiger partial charge in [0.05, 0.1) is 16.9 Å². The molecular weight excluding hydrogens is 726 g/mol. The third kappa shape index (κ3) is 4.10. The van der Waals surface area contributed by atoms with E-state index in [2.05, 4.69) is 65.2 Å². The number of aromatic nitrogens is 5. The van der Waals surface area contributed by atoms with Crippen LogP contribution in [-0.4, -0.2) is 23.9 Å². The molecule has 0 aliphatic rings. The van der Waals surface area contributed by atoms with Crippen molar-refractivity contribution in [3.05, 3.63) is 140 Å². The maximum Gasteiger partial charge on any atom is 2.00 e. The summed E-state index contributed by atoms with van der Waals surface area (Å²) in [6, 6.07) is 43.5. The second-order valence-electron chi connectivity index (χ2n) is 10.4. The largest absolute Gasteiger partial charge is 2.00 e. The number of imidazole rings is 1. The van der Waals surface area contributed by atoms with Gasteiger partial charge in [-0.3, -0.25) is 4.98 Å². The van der Waals surface area contributed by atoms with Gasteiger partial charge in [-0.2, -0.15) is 6.07 Å². The molecule has 0 aliphatic heterocycles. The van der Waals surface area contributed by atoms with E-state index in [1.165, 1.54) is 0 Å². The third-order valence-corrected chi connectivity index (χ3v) is 7.87. The van der Waals surface area contributed by atoms with Crippen molar-refractivity contribution in [2.24, 2.45) is 0 Å². The maximum absolute atomic E-state index is 6.40. The molecule has 0 aliphatic carbocycles. The molecule has 0 N–H and O–H groups in total. The van der Waals surface area contributed by atoms with E-state index in [9.17, 15) is 0 Å². The zero-order chi connectivity index (χ0) is 28.3. The average Bonchev–Trinajstić information content (AvgIpc) is 3.66. The second-order valence-corrected chi connectivity index (χ2v) is 10.4. The van der Waals surface area contributed by atoms with Gasteiger partial charge in [-0.1, -0.05) is 77.1 Å². The number of benzene rings is 4. The van der Waals surface area contributed by atoms with Gasteiger partial charge >= 0.3 is 21.1 Å². The first kappa shape index (κ1) is 26.3. The number of para-hydroxylation sites is 1. The first-order chi connectivity index (χ1) is 21.3. The van der Waals surface area contributed by atoms with E-state index < -0.39 is 0 Å². The van der Waals surface area contributed by atoms with Crippen LogP contribution in [0.3, 0.4) is 0 Å². The van der Waals surface area contributed by atoms with Crippen molar-refractivity contribution in [2.75, 3.05) is 0 Å². The Kier molecular flexibility index (Phi) is 6.24. The molecule has 0 bridgehead atoms. The van der Waals surface area contributed by atoms with Crippen LogP contribution in [0.5, 0.6) is 11.5 Å². The van der Waals surface area contributed by atoms with Crippen molar-refractivity contribution in [3.63, 3.8) is 0 Å². The van der Waals surface area contributed by atoms with E-state index in [1.54, 1.807) is 0 Å². The number of rotatable bonds is 4. The molecule has 6 nitrogen and oxygen atoms in total. The predicted molar refractivity (Wildman–Crippen MR) is 170 cm³/mol. The van der Waals surface area contributed by atoms with Crippen molar-refractivity contribution in [1.29, 1.82) is 0 Å². The van der Waals surface area contributed by atoms with Crippen molar-refractivity contribution in [1.82, 2.24) is 23.9 Å². The van der Waals surface area contributed by atoms with Crippen LogP contribution >= 0.6 is 0 Å². The van der Waals surface area contributed by atoms with Gasteiger partial charge < -0.3 is 13.7 Å². The number of fused-ring (bicyclic) bond motifs is 9. The molecule has 4 aromatic carbocycles. The van der Waals surface area contributed by atoms with E-state index in [0.717, 1.165) is 66.3 Å². The van der Waals surface area contributed by atoms with Crippen LogP contribution in [0.4, 0.5) is 0 Å². The van der Waals surface area contributed by atoms with E-state index >= 15 is 0 Å². The summed E-state index contributed by atoms with van der Waals surface area (Å²) in [5, 5.41) is 5.15. The topological polar surface area (TPSA) is 57.2 Å². The molecule has 0 unspecified atom stereocenters. The summed E-state index contributed by atoms with van der Waals surface area (Å²) in [7, 11) is 0. The standard InChI is InChI=1S/C37H21N5O.Pt/c1-2-9-24(10-3-1)33-23-41-35-30(14-7-19-38-35)28-18-17-27(22-32(28)37(41)40-33)43-26-12-6-11-25(21-26)42-34-16-5-4-13-29(34)31-15-8-20-39-36(31)42;/h1-20,23H;/q-2;+2. The molecule has 5 aromatic heterocycles. The van der Waals surface area contributed by atoms with Gasteiger partial charge in [-0.15, -0.1) is 30.3 Å². The molecule has 9 aromatic rings. The molecule has 0 saturated heterocycles. The maximum atomic E-state index is 6.40. The molecular formula is C37H21N5OPt. The molecule has 44 heavy (non-hydrogen) atoms. The minimum atomic E-state index is 0. The van der Waals surface area contributed by atoms with Gasteiger partial charge in [0, 0.05) is 46.4 Å². The minimum absolute atomic E-state index is 0. The normalized spacial score (nSPS) is 11.5. The Morgan fingerprint density at radius 2 is 1.30 bits per heavy atom. The fourth-order valence-corrected chi connectivity index (χ4v) is 5.98. The molecule has 7 heteroatoms. The first-order valence-corrected chi connectivity index (χ1v) is 14.0. The van der Waals surface area contributed by atoms with Crippen molar-refractivity contribution >= 4 is 49.4 Å². The van der Waals surface area contributed by atoms with Gasteiger partial charge in [-0.05, 0) is 29.7 Å². The van der Waals surface area contributed by atoms with Gasteiger partial charge in [-0.25, -0.2) is 9.97 Å². The van der Waals surface area contributed by atoms with Crippen LogP contribution in [0, 0.1) is 12.1 Å². The Labute approximate surface area is 266 Å². The van der Waals surface area contributed by atoms with E-state index in [0.29, 0.717) is 11.5 Å². The van der Waals surface area contributed by atoms with Gasteiger partial charge in [0.2, 0.25) is 0 Å². The molecule has 9 rings (SSSR count). The summed E-state index contributed by atoms with van der Waals surface area (Å²) >= 11 is 0. The SMILES string of the molecule is [Pt+2].[c-]1c(Oc2[c-]c3c(cc2)c2cccnc2n2cc(-c4ccccc4)nc32)cccc1-n1c2ccccc2c2cccnc21. The number of hydrogen-bond acceptors (Lipinski definition) is 4. The summed E-state index contributed by atoms with van der Waals surface area (Å²) in [6.45, 7) is 0. The molecule has 0 radical (unpaired) electrons. The van der Waals surface area contributed by atoms with Gasteiger partial charge in [0.1, 0.15) is 11.3 Å². The van der Waals surface area contributed by atoms with Crippen molar-refractivity contribution < 1.29 is 25.8 Å². The Morgan fingerprint density at radius 1 is 0.568 bits per heavy atom. The summed E-state index contributed by atoms with van der Waals surface area (Å²) in [4.78, 5) is 14.4. The Bertz CT molecular complexity index is 2450. The quantitative estimate of drug-likeness (QED) is 0.134. The summed E-state index contributed by atoms with van der Waals surface area (Å²) in [5.74, 6) is 1.16. The first-order valence-electron chi connectivity index (χ1n) is 14.0. The van der Waals surface area contributed by atoms with Crippen LogP contribution in [0.25, 0.3) is 66.3 Å². The second kappa shape index (κ2) is 10.4. The molecule has 0 spiro atoms. The Balaban J connectivity index is 0.00000289. The van der Waals surface area contributed by atoms with E-state index in [-0.39, 0.29) is 21.1 Å². The molecule has 210 valence electrons. The fourth-order valence-electron chi connectivity index (χ4n) is 5.98. The van der Waals surface area contributed by atoms with Crippen LogP contribution < -0.4 is 4.74 Å². The fraction of sp³-hybridized carbons (Fsp3) is 0. The molecule has 0 saturated carbocycles. The van der Waals surface area contributed by atoms with Gasteiger partial charge in [0.25, 0.3) is 0 Å². The van der Waals surface area contributed by atoms with Crippen LogP contribution in [0.15, 0.2) is 128 Å². The summed E-state index contributed by atoms with van der Waals surface area (Å²) in [5.41, 5.74) is 6.34. The Morgan fingerprint density at radius 3 is 2.16 bits per heavy atom. The van der Waals surface area contributed by atoms with Gasteiger partial charge in [0.15, 0.2) is 0 Å². The van der Waals surface area contributed by atoms with Crippen LogP contribution in [0.2, 0.25) is 0 Å². The average molecular weight is 747 g/mol. The van der Waals surface area contributed by atoms with E-state index in [4.69, 9.17) is 19.7 Å². The predicted octanol–water partition coefficient (Wildman–Crippen LogP) is 8.58. The smallest absolute Gasteiger partial charge is 0.503 e. The Hall–Kier alpha value is -5.32. The number of ether oxygens (including phenoxy) is 1. The minimum Gasteiger partial charge on any atom is -0.503 e. The number of nitrogens with zero attached hydrogens (tertiary/aromatic N) is 5. The molecule has 0 fully saturated rings. The van der Waals surface area contributed by atoms with E-state index in [1.807, 2.05) is 83.7 Å². The van der Waals surface area contributed by atoms with Crippen LogP contribution in [0.1, 0.15) is 0 Å². The summed E-state index contributed by atoms with van der Waals surface area (Å²) < 4.78 is 10.6. The van der Waals surface area contributed by atoms with Crippen LogP contribution in [-0.2, 0) is 21.1 Å². The molecule has 0 atom stereocenters. The zero-order valence-electron chi connectivity index (χ0n) is 23.1. The zero-order valence-corrected chi connectivity index (χ0v) is 25.4. The van der Waals surface area contributed by atoms with Crippen molar-refractivity contribution in [2.45, 2.75) is 0 Å². The monoisotopic (exact) mass is 746 g/mol. The summed E-state index contributed by atoms with van der Waals surface area (Å²) in [6.07, 6.45) is 5.67. The molecule has 5 heterocycles.